The lowest BCUT2D eigenvalue weighted by atomic mass is 9.56. The van der Waals surface area contributed by atoms with Gasteiger partial charge >= 0.3 is 0 Å². The zero-order valence-electron chi connectivity index (χ0n) is 20.8. The molecule has 0 amide bonds. The molecule has 0 heterocycles. The molecule has 2 N–H and O–H groups in total. The number of aliphatic hydroxyl groups excluding tert-OH is 2. The quantitative estimate of drug-likeness (QED) is 0.474. The number of rotatable bonds is 8. The van der Waals surface area contributed by atoms with Gasteiger partial charge in [-0.25, -0.2) is 0 Å². The van der Waals surface area contributed by atoms with Crippen molar-refractivity contribution in [2.75, 3.05) is 6.61 Å². The smallest absolute Gasteiger partial charge is 0.0576 e. The maximum Gasteiger partial charge on any atom is 0.0576 e. The molecule has 0 aromatic heterocycles. The summed E-state index contributed by atoms with van der Waals surface area (Å²) >= 11 is 0. The molecule has 0 radical (unpaired) electrons. The molecule has 0 spiro atoms. The van der Waals surface area contributed by atoms with Crippen LogP contribution in [-0.4, -0.2) is 22.9 Å². The first kappa shape index (κ1) is 26.0. The molecular weight excluding hydrogens is 344 g/mol. The zero-order chi connectivity index (χ0) is 21.9. The van der Waals surface area contributed by atoms with Crippen LogP contribution in [0.1, 0.15) is 101 Å². The average Bonchev–Trinajstić information content (AvgIpc) is 2.50. The second-order valence-corrected chi connectivity index (χ2v) is 12.7. The van der Waals surface area contributed by atoms with Gasteiger partial charge in [0.25, 0.3) is 0 Å². The summed E-state index contributed by atoms with van der Waals surface area (Å²) in [6.45, 7) is 23.8. The first-order chi connectivity index (χ1) is 12.7. The maximum atomic E-state index is 10.8. The van der Waals surface area contributed by atoms with Crippen LogP contribution in [0.25, 0.3) is 0 Å². The van der Waals surface area contributed by atoms with Crippen LogP contribution in [0.4, 0.5) is 0 Å². The molecule has 2 nitrogen and oxygen atoms in total. The monoisotopic (exact) mass is 396 g/mol. The van der Waals surface area contributed by atoms with E-state index in [0.29, 0.717) is 53.4 Å². The Morgan fingerprint density at radius 2 is 1.50 bits per heavy atom. The molecule has 0 bridgehead atoms. The SMILES string of the molecule is CC(C)C(C(CCC(C)(C)C)C(C)CCO)[C@@H]1CC(C(C)(C)C)C(O)CC1C. The molecule has 1 aliphatic rings. The van der Waals surface area contributed by atoms with Gasteiger partial charge < -0.3 is 10.2 Å². The predicted octanol–water partition coefficient (Wildman–Crippen LogP) is 6.79. The van der Waals surface area contributed by atoms with Gasteiger partial charge in [-0.1, -0.05) is 69.2 Å². The highest BCUT2D eigenvalue weighted by atomic mass is 16.3. The van der Waals surface area contributed by atoms with Crippen molar-refractivity contribution in [3.63, 3.8) is 0 Å². The number of aliphatic hydroxyl groups is 2. The minimum atomic E-state index is -0.165. The topological polar surface area (TPSA) is 40.5 Å². The summed E-state index contributed by atoms with van der Waals surface area (Å²) in [5, 5.41) is 20.5. The van der Waals surface area contributed by atoms with Crippen LogP contribution >= 0.6 is 0 Å². The lowest BCUT2D eigenvalue weighted by molar-refractivity contribution is -0.0637. The van der Waals surface area contributed by atoms with E-state index < -0.39 is 0 Å². The van der Waals surface area contributed by atoms with Crippen LogP contribution in [0.15, 0.2) is 0 Å². The molecule has 0 aromatic rings. The third-order valence-corrected chi connectivity index (χ3v) is 7.75. The maximum absolute atomic E-state index is 10.8. The normalized spacial score (nSPS) is 30.3. The third-order valence-electron chi connectivity index (χ3n) is 7.75. The van der Waals surface area contributed by atoms with Gasteiger partial charge in [-0.2, -0.15) is 0 Å². The molecule has 0 aromatic carbocycles. The second-order valence-electron chi connectivity index (χ2n) is 12.7. The molecule has 168 valence electrons. The van der Waals surface area contributed by atoms with Crippen LogP contribution in [0.3, 0.4) is 0 Å². The summed E-state index contributed by atoms with van der Waals surface area (Å²) in [5.41, 5.74) is 0.498. The lowest BCUT2D eigenvalue weighted by Gasteiger charge is -2.50. The summed E-state index contributed by atoms with van der Waals surface area (Å²) in [5.74, 6) is 4.11. The van der Waals surface area contributed by atoms with Gasteiger partial charge in [-0.05, 0) is 84.4 Å². The molecule has 1 aliphatic carbocycles. The third kappa shape index (κ3) is 7.31. The van der Waals surface area contributed by atoms with Gasteiger partial charge in [0.2, 0.25) is 0 Å². The standard InChI is InChI=1S/C26H52O2/c1-17(2)24(20(18(3)12-14-27)11-13-25(5,6)7)21-16-22(26(8,9)10)23(28)15-19(21)4/h17-24,27-28H,11-16H2,1-10H3/t18?,19?,20?,21-,22?,23?,24?/m1/s1. The summed E-state index contributed by atoms with van der Waals surface area (Å²) < 4.78 is 0. The summed E-state index contributed by atoms with van der Waals surface area (Å²) in [6, 6.07) is 0. The first-order valence-electron chi connectivity index (χ1n) is 12.0. The van der Waals surface area contributed by atoms with Crippen molar-refractivity contribution in [1.82, 2.24) is 0 Å². The van der Waals surface area contributed by atoms with Crippen LogP contribution in [0.5, 0.6) is 0 Å². The molecule has 1 rings (SSSR count). The highest BCUT2D eigenvalue weighted by molar-refractivity contribution is 4.95. The Labute approximate surface area is 176 Å². The van der Waals surface area contributed by atoms with Crippen LogP contribution in [-0.2, 0) is 0 Å². The van der Waals surface area contributed by atoms with E-state index in [4.69, 9.17) is 0 Å². The summed E-state index contributed by atoms with van der Waals surface area (Å²) in [4.78, 5) is 0. The zero-order valence-corrected chi connectivity index (χ0v) is 20.8. The van der Waals surface area contributed by atoms with Crippen molar-refractivity contribution < 1.29 is 10.2 Å². The Hall–Kier alpha value is -0.0800. The van der Waals surface area contributed by atoms with Gasteiger partial charge in [0.15, 0.2) is 0 Å². The van der Waals surface area contributed by atoms with Crippen molar-refractivity contribution in [2.45, 2.75) is 107 Å². The fraction of sp³-hybridized carbons (Fsp3) is 1.00. The van der Waals surface area contributed by atoms with E-state index in [1.165, 1.54) is 12.8 Å². The van der Waals surface area contributed by atoms with E-state index in [-0.39, 0.29) is 11.5 Å². The molecule has 7 atom stereocenters. The average molecular weight is 397 g/mol. The molecule has 1 fully saturated rings. The second kappa shape index (κ2) is 10.3. The van der Waals surface area contributed by atoms with E-state index in [0.717, 1.165) is 19.3 Å². The molecule has 6 unspecified atom stereocenters. The first-order valence-corrected chi connectivity index (χ1v) is 12.0. The Bertz CT molecular complexity index is 436. The van der Waals surface area contributed by atoms with Crippen molar-refractivity contribution in [2.24, 2.45) is 52.3 Å². The predicted molar refractivity (Wildman–Crippen MR) is 122 cm³/mol. The number of hydrogen-bond acceptors (Lipinski definition) is 2. The van der Waals surface area contributed by atoms with Crippen molar-refractivity contribution in [3.05, 3.63) is 0 Å². The fourth-order valence-electron chi connectivity index (χ4n) is 6.05. The number of hydrogen-bond donors (Lipinski definition) is 2. The van der Waals surface area contributed by atoms with Gasteiger partial charge in [0.05, 0.1) is 6.10 Å². The Balaban J connectivity index is 3.19. The highest BCUT2D eigenvalue weighted by Crippen LogP contribution is 2.51. The van der Waals surface area contributed by atoms with E-state index in [1.807, 2.05) is 0 Å². The van der Waals surface area contributed by atoms with Crippen molar-refractivity contribution in [1.29, 1.82) is 0 Å². The summed E-state index contributed by atoms with van der Waals surface area (Å²) in [6.07, 6.45) is 5.32. The van der Waals surface area contributed by atoms with Crippen molar-refractivity contribution in [3.8, 4) is 0 Å². The van der Waals surface area contributed by atoms with Crippen LogP contribution in [0, 0.1) is 52.3 Å². The van der Waals surface area contributed by atoms with E-state index in [2.05, 4.69) is 69.2 Å². The highest BCUT2D eigenvalue weighted by Gasteiger charge is 2.45. The van der Waals surface area contributed by atoms with Gasteiger partial charge in [0, 0.05) is 6.61 Å². The molecule has 2 heteroatoms. The van der Waals surface area contributed by atoms with Crippen LogP contribution < -0.4 is 0 Å². The van der Waals surface area contributed by atoms with E-state index >= 15 is 0 Å². The Kier molecular flexibility index (Phi) is 9.54. The minimum Gasteiger partial charge on any atom is -0.396 e. The van der Waals surface area contributed by atoms with Crippen molar-refractivity contribution >= 4 is 0 Å². The molecule has 0 aliphatic heterocycles. The minimum absolute atomic E-state index is 0.150. The van der Waals surface area contributed by atoms with Gasteiger partial charge in [-0.15, -0.1) is 0 Å². The molecule has 0 saturated heterocycles. The largest absolute Gasteiger partial charge is 0.396 e. The van der Waals surface area contributed by atoms with Gasteiger partial charge in [0.1, 0.15) is 0 Å². The molecule has 1 saturated carbocycles. The lowest BCUT2D eigenvalue weighted by Crippen LogP contribution is -2.46. The fourth-order valence-corrected chi connectivity index (χ4v) is 6.05. The van der Waals surface area contributed by atoms with E-state index in [1.54, 1.807) is 0 Å². The summed E-state index contributed by atoms with van der Waals surface area (Å²) in [7, 11) is 0. The van der Waals surface area contributed by atoms with E-state index in [9.17, 15) is 10.2 Å². The molecule has 28 heavy (non-hydrogen) atoms. The van der Waals surface area contributed by atoms with Gasteiger partial charge in [-0.3, -0.25) is 0 Å². The van der Waals surface area contributed by atoms with Crippen LogP contribution in [0.2, 0.25) is 0 Å². The molecular formula is C26H52O2. The Morgan fingerprint density at radius 1 is 0.929 bits per heavy atom. The Morgan fingerprint density at radius 3 is 1.93 bits per heavy atom.